The fourth-order valence-corrected chi connectivity index (χ4v) is 4.40. The third-order valence-corrected chi connectivity index (χ3v) is 5.98. The van der Waals surface area contributed by atoms with Crippen LogP contribution >= 0.6 is 11.8 Å². The van der Waals surface area contributed by atoms with Gasteiger partial charge in [-0.25, -0.2) is 0 Å². The second-order valence-corrected chi connectivity index (χ2v) is 7.87. The Morgan fingerprint density at radius 3 is 2.58 bits per heavy atom. The number of hydrogen-bond acceptors (Lipinski definition) is 3. The van der Waals surface area contributed by atoms with Crippen LogP contribution in [0.3, 0.4) is 0 Å². The molecule has 1 heterocycles. The van der Waals surface area contributed by atoms with E-state index in [-0.39, 0.29) is 12.2 Å². The average molecular weight is 284 g/mol. The molecule has 2 atom stereocenters. The molecule has 2 rings (SSSR count). The van der Waals surface area contributed by atoms with Crippen LogP contribution in [0.4, 0.5) is 0 Å². The topological polar surface area (TPSA) is 32.3 Å². The molecule has 1 aliphatic carbocycles. The van der Waals surface area contributed by atoms with Crippen molar-refractivity contribution in [2.24, 2.45) is 5.92 Å². The van der Waals surface area contributed by atoms with E-state index < -0.39 is 0 Å². The number of rotatable bonds is 5. The van der Waals surface area contributed by atoms with Gasteiger partial charge in [0.05, 0.1) is 12.2 Å². The lowest BCUT2D eigenvalue weighted by atomic mass is 10.0. The lowest BCUT2D eigenvalue weighted by Gasteiger charge is -2.35. The van der Waals surface area contributed by atoms with Gasteiger partial charge in [-0.1, -0.05) is 26.7 Å². The molecule has 4 heteroatoms. The summed E-state index contributed by atoms with van der Waals surface area (Å²) in [5.74, 6) is 0.915. The van der Waals surface area contributed by atoms with Gasteiger partial charge >= 0.3 is 0 Å². The van der Waals surface area contributed by atoms with E-state index in [0.717, 1.165) is 13.0 Å². The van der Waals surface area contributed by atoms with Gasteiger partial charge in [0.2, 0.25) is 5.91 Å². The molecule has 2 unspecified atom stereocenters. The molecule has 110 valence electrons. The molecular weight excluding hydrogens is 256 g/mol. The minimum atomic E-state index is -0.0101. The molecule has 3 nitrogen and oxygen atoms in total. The van der Waals surface area contributed by atoms with Gasteiger partial charge in [0.25, 0.3) is 0 Å². The quantitative estimate of drug-likeness (QED) is 0.842. The average Bonchev–Trinajstić information content (AvgIpc) is 2.91. The van der Waals surface area contributed by atoms with Crippen LogP contribution in [-0.2, 0) is 4.79 Å². The Bertz CT molecular complexity index is 326. The van der Waals surface area contributed by atoms with Crippen LogP contribution in [0.1, 0.15) is 52.9 Å². The van der Waals surface area contributed by atoms with Gasteiger partial charge < -0.3 is 4.90 Å². The molecule has 1 saturated heterocycles. The molecule has 0 aromatic heterocycles. The van der Waals surface area contributed by atoms with E-state index in [1.807, 2.05) is 18.7 Å². The molecule has 1 N–H and O–H groups in total. The minimum absolute atomic E-state index is 0.0101. The SMILES string of the molecule is CSC1(CN2C(=O)C(C)NC2CC(C)C)CCCC1. The zero-order valence-electron chi connectivity index (χ0n) is 12.7. The van der Waals surface area contributed by atoms with Crippen molar-refractivity contribution in [3.63, 3.8) is 0 Å². The maximum absolute atomic E-state index is 12.4. The summed E-state index contributed by atoms with van der Waals surface area (Å²) in [5.41, 5.74) is 0. The smallest absolute Gasteiger partial charge is 0.240 e. The molecule has 1 aliphatic heterocycles. The number of carbonyl (C=O) groups is 1. The molecule has 0 aromatic rings. The van der Waals surface area contributed by atoms with E-state index in [1.54, 1.807) is 0 Å². The zero-order chi connectivity index (χ0) is 14.0. The van der Waals surface area contributed by atoms with Crippen LogP contribution in [0.15, 0.2) is 0 Å². The molecule has 2 aliphatic rings. The molecule has 0 bridgehead atoms. The number of amides is 1. The highest BCUT2D eigenvalue weighted by molar-refractivity contribution is 8.00. The molecule has 2 fully saturated rings. The summed E-state index contributed by atoms with van der Waals surface area (Å²) in [6, 6.07) is -0.0101. The number of nitrogens with zero attached hydrogens (tertiary/aromatic N) is 1. The standard InChI is InChI=1S/C15H28N2OS/c1-11(2)9-13-16-12(3)14(18)17(13)10-15(19-4)7-5-6-8-15/h11-13,16H,5-10H2,1-4H3. The van der Waals surface area contributed by atoms with Crippen molar-refractivity contribution in [1.29, 1.82) is 0 Å². The minimum Gasteiger partial charge on any atom is -0.324 e. The van der Waals surface area contributed by atoms with E-state index in [4.69, 9.17) is 0 Å². The van der Waals surface area contributed by atoms with Gasteiger partial charge in [-0.2, -0.15) is 11.8 Å². The van der Waals surface area contributed by atoms with Gasteiger partial charge in [-0.05, 0) is 38.4 Å². The molecule has 0 spiro atoms. The molecule has 0 radical (unpaired) electrons. The van der Waals surface area contributed by atoms with E-state index >= 15 is 0 Å². The van der Waals surface area contributed by atoms with Crippen LogP contribution in [0.25, 0.3) is 0 Å². The highest BCUT2D eigenvalue weighted by Crippen LogP contribution is 2.41. The molecule has 1 amide bonds. The fourth-order valence-electron chi connectivity index (χ4n) is 3.44. The fraction of sp³-hybridized carbons (Fsp3) is 0.933. The summed E-state index contributed by atoms with van der Waals surface area (Å²) in [7, 11) is 0. The summed E-state index contributed by atoms with van der Waals surface area (Å²) in [4.78, 5) is 14.5. The third-order valence-electron chi connectivity index (χ3n) is 4.57. The predicted octanol–water partition coefficient (Wildman–Crippen LogP) is 2.85. The van der Waals surface area contributed by atoms with E-state index in [9.17, 15) is 4.79 Å². The summed E-state index contributed by atoms with van der Waals surface area (Å²) in [6.45, 7) is 7.39. The highest BCUT2D eigenvalue weighted by atomic mass is 32.2. The first-order valence-electron chi connectivity index (χ1n) is 7.59. The molecular formula is C15H28N2OS. The van der Waals surface area contributed by atoms with Crippen molar-refractivity contribution in [2.75, 3.05) is 12.8 Å². The summed E-state index contributed by atoms with van der Waals surface area (Å²) in [6.07, 6.45) is 8.68. The Morgan fingerprint density at radius 2 is 2.05 bits per heavy atom. The monoisotopic (exact) mass is 284 g/mol. The predicted molar refractivity (Wildman–Crippen MR) is 82.3 cm³/mol. The number of hydrogen-bond donors (Lipinski definition) is 1. The lowest BCUT2D eigenvalue weighted by Crippen LogP contribution is -2.46. The second kappa shape index (κ2) is 6.04. The first kappa shape index (κ1) is 15.2. The lowest BCUT2D eigenvalue weighted by molar-refractivity contribution is -0.130. The molecule has 1 saturated carbocycles. The van der Waals surface area contributed by atoms with Crippen molar-refractivity contribution >= 4 is 17.7 Å². The van der Waals surface area contributed by atoms with Gasteiger partial charge in [-0.3, -0.25) is 10.1 Å². The summed E-state index contributed by atoms with van der Waals surface area (Å²) < 4.78 is 0.316. The first-order chi connectivity index (χ1) is 8.97. The Hall–Kier alpha value is -0.220. The Kier molecular flexibility index (Phi) is 4.83. The molecule has 19 heavy (non-hydrogen) atoms. The van der Waals surface area contributed by atoms with Crippen LogP contribution in [0, 0.1) is 5.92 Å². The van der Waals surface area contributed by atoms with Crippen LogP contribution in [0.2, 0.25) is 0 Å². The second-order valence-electron chi connectivity index (χ2n) is 6.59. The van der Waals surface area contributed by atoms with Crippen molar-refractivity contribution in [1.82, 2.24) is 10.2 Å². The van der Waals surface area contributed by atoms with E-state index in [2.05, 4.69) is 30.3 Å². The van der Waals surface area contributed by atoms with E-state index in [1.165, 1.54) is 25.7 Å². The number of carbonyl (C=O) groups excluding carboxylic acids is 1. The number of nitrogens with one attached hydrogen (secondary N) is 1. The van der Waals surface area contributed by atoms with Gasteiger partial charge in [0.1, 0.15) is 0 Å². The zero-order valence-corrected chi connectivity index (χ0v) is 13.6. The van der Waals surface area contributed by atoms with Crippen LogP contribution in [0.5, 0.6) is 0 Å². The van der Waals surface area contributed by atoms with Gasteiger partial charge in [0, 0.05) is 11.3 Å². The van der Waals surface area contributed by atoms with E-state index in [0.29, 0.717) is 16.6 Å². The largest absolute Gasteiger partial charge is 0.324 e. The highest BCUT2D eigenvalue weighted by Gasteiger charge is 2.42. The van der Waals surface area contributed by atoms with Gasteiger partial charge in [0.15, 0.2) is 0 Å². The Labute approximate surface area is 121 Å². The first-order valence-corrected chi connectivity index (χ1v) is 8.81. The number of thioether (sulfide) groups is 1. The van der Waals surface area contributed by atoms with Gasteiger partial charge in [-0.15, -0.1) is 0 Å². The maximum Gasteiger partial charge on any atom is 0.240 e. The van der Waals surface area contributed by atoms with Crippen LogP contribution < -0.4 is 5.32 Å². The Balaban J connectivity index is 2.08. The van der Waals surface area contributed by atoms with Crippen molar-refractivity contribution in [3.05, 3.63) is 0 Å². The van der Waals surface area contributed by atoms with Crippen molar-refractivity contribution < 1.29 is 4.79 Å². The molecule has 0 aromatic carbocycles. The van der Waals surface area contributed by atoms with Crippen LogP contribution in [-0.4, -0.2) is 40.6 Å². The third kappa shape index (κ3) is 3.27. The summed E-state index contributed by atoms with van der Waals surface area (Å²) in [5, 5.41) is 3.47. The summed E-state index contributed by atoms with van der Waals surface area (Å²) >= 11 is 1.97. The maximum atomic E-state index is 12.4. The normalized spacial score (nSPS) is 30.6. The Morgan fingerprint density at radius 1 is 1.42 bits per heavy atom. The van der Waals surface area contributed by atoms with Crippen molar-refractivity contribution in [3.8, 4) is 0 Å². The van der Waals surface area contributed by atoms with Crippen molar-refractivity contribution in [2.45, 2.75) is 69.8 Å².